The molecule has 0 amide bonds. The third kappa shape index (κ3) is 2.19. The highest BCUT2D eigenvalue weighted by atomic mass is 35.7. The van der Waals surface area contributed by atoms with E-state index in [4.69, 9.17) is 10.7 Å². The summed E-state index contributed by atoms with van der Waals surface area (Å²) < 4.78 is 22.6. The molecule has 0 N–H and O–H groups in total. The first-order chi connectivity index (χ1) is 7.09. The summed E-state index contributed by atoms with van der Waals surface area (Å²) in [4.78, 5) is 4.08. The zero-order valence-electron chi connectivity index (χ0n) is 7.42. The number of thiophene rings is 1. The standard InChI is InChI=1S/C9H6ClNO2S2/c10-15(12,13)9-7(4-6-14-9)8-3-1-2-5-11-8/h1-6H. The molecule has 0 bridgehead atoms. The highest BCUT2D eigenvalue weighted by molar-refractivity contribution is 8.15. The van der Waals surface area contributed by atoms with E-state index >= 15 is 0 Å². The van der Waals surface area contributed by atoms with Crippen LogP contribution in [0.4, 0.5) is 0 Å². The van der Waals surface area contributed by atoms with Gasteiger partial charge in [-0.15, -0.1) is 11.3 Å². The molecular weight excluding hydrogens is 254 g/mol. The molecule has 0 spiro atoms. The highest BCUT2D eigenvalue weighted by Gasteiger charge is 2.18. The van der Waals surface area contributed by atoms with E-state index in [1.165, 1.54) is 0 Å². The zero-order valence-corrected chi connectivity index (χ0v) is 9.81. The van der Waals surface area contributed by atoms with Gasteiger partial charge in [0.1, 0.15) is 4.21 Å². The first-order valence-electron chi connectivity index (χ1n) is 4.02. The first-order valence-corrected chi connectivity index (χ1v) is 7.21. The van der Waals surface area contributed by atoms with Crippen LogP contribution in [0.5, 0.6) is 0 Å². The maximum atomic E-state index is 11.2. The first kappa shape index (κ1) is 10.6. The van der Waals surface area contributed by atoms with Gasteiger partial charge in [-0.1, -0.05) is 6.07 Å². The van der Waals surface area contributed by atoms with Crippen LogP contribution in [0, 0.1) is 0 Å². The number of aromatic nitrogens is 1. The van der Waals surface area contributed by atoms with E-state index in [-0.39, 0.29) is 4.21 Å². The molecule has 2 heterocycles. The number of hydrogen-bond donors (Lipinski definition) is 0. The Kier molecular flexibility index (Phi) is 2.77. The molecule has 0 aliphatic carbocycles. The van der Waals surface area contributed by atoms with E-state index < -0.39 is 9.05 Å². The fraction of sp³-hybridized carbons (Fsp3) is 0. The molecule has 2 rings (SSSR count). The Morgan fingerprint density at radius 1 is 1.27 bits per heavy atom. The molecule has 2 aromatic rings. The van der Waals surface area contributed by atoms with Crippen LogP contribution in [-0.2, 0) is 9.05 Å². The average molecular weight is 260 g/mol. The van der Waals surface area contributed by atoms with E-state index in [2.05, 4.69) is 4.98 Å². The predicted octanol–water partition coefficient (Wildman–Crippen LogP) is 2.74. The number of pyridine rings is 1. The maximum Gasteiger partial charge on any atom is 0.271 e. The van der Waals surface area contributed by atoms with Crippen LogP contribution in [0.2, 0.25) is 0 Å². The topological polar surface area (TPSA) is 47.0 Å². The molecule has 3 nitrogen and oxygen atoms in total. The molecule has 0 fully saturated rings. The minimum atomic E-state index is -3.69. The molecule has 0 aromatic carbocycles. The largest absolute Gasteiger partial charge is 0.271 e. The summed E-state index contributed by atoms with van der Waals surface area (Å²) >= 11 is 1.09. The molecule has 15 heavy (non-hydrogen) atoms. The van der Waals surface area contributed by atoms with Gasteiger partial charge in [0.15, 0.2) is 0 Å². The van der Waals surface area contributed by atoms with Crippen molar-refractivity contribution in [2.45, 2.75) is 4.21 Å². The Balaban J connectivity index is 2.61. The van der Waals surface area contributed by atoms with Crippen molar-refractivity contribution in [3.63, 3.8) is 0 Å². The van der Waals surface area contributed by atoms with Gasteiger partial charge in [0.05, 0.1) is 5.69 Å². The third-order valence-electron chi connectivity index (χ3n) is 1.79. The normalized spacial score (nSPS) is 11.5. The lowest BCUT2D eigenvalue weighted by atomic mass is 10.2. The van der Waals surface area contributed by atoms with Crippen LogP contribution in [0.25, 0.3) is 11.3 Å². The van der Waals surface area contributed by atoms with Crippen molar-refractivity contribution >= 4 is 31.1 Å². The van der Waals surface area contributed by atoms with Crippen LogP contribution in [0.1, 0.15) is 0 Å². The van der Waals surface area contributed by atoms with Crippen molar-refractivity contribution < 1.29 is 8.42 Å². The molecule has 6 heteroatoms. The molecule has 0 atom stereocenters. The minimum Gasteiger partial charge on any atom is -0.256 e. The summed E-state index contributed by atoms with van der Waals surface area (Å²) in [5.41, 5.74) is 1.16. The van der Waals surface area contributed by atoms with E-state index in [9.17, 15) is 8.42 Å². The zero-order chi connectivity index (χ0) is 10.9. The molecule has 2 aromatic heterocycles. The van der Waals surface area contributed by atoms with Gasteiger partial charge in [0.2, 0.25) is 0 Å². The van der Waals surface area contributed by atoms with Crippen molar-refractivity contribution in [3.05, 3.63) is 35.8 Å². The monoisotopic (exact) mass is 259 g/mol. The molecule has 0 saturated carbocycles. The SMILES string of the molecule is O=S(=O)(Cl)c1sccc1-c1ccccn1. The maximum absolute atomic E-state index is 11.2. The third-order valence-corrected chi connectivity index (χ3v) is 4.85. The molecule has 0 aliphatic rings. The highest BCUT2D eigenvalue weighted by Crippen LogP contribution is 2.32. The van der Waals surface area contributed by atoms with Crippen molar-refractivity contribution in [2.75, 3.05) is 0 Å². The van der Waals surface area contributed by atoms with E-state index in [0.29, 0.717) is 11.3 Å². The van der Waals surface area contributed by atoms with Crippen LogP contribution in [0.3, 0.4) is 0 Å². The summed E-state index contributed by atoms with van der Waals surface area (Å²) in [5, 5.41) is 1.68. The van der Waals surface area contributed by atoms with Crippen molar-refractivity contribution in [1.29, 1.82) is 0 Å². The van der Waals surface area contributed by atoms with E-state index in [0.717, 1.165) is 11.3 Å². The second-order valence-electron chi connectivity index (χ2n) is 2.77. The lowest BCUT2D eigenvalue weighted by molar-refractivity contribution is 0.611. The summed E-state index contributed by atoms with van der Waals surface area (Å²) in [5.74, 6) is 0. The fourth-order valence-corrected chi connectivity index (χ4v) is 3.46. The lowest BCUT2D eigenvalue weighted by Crippen LogP contribution is -1.90. The minimum absolute atomic E-state index is 0.142. The molecule has 0 radical (unpaired) electrons. The van der Waals surface area contributed by atoms with Crippen molar-refractivity contribution in [3.8, 4) is 11.3 Å². The summed E-state index contributed by atoms with van der Waals surface area (Å²) in [6.45, 7) is 0. The second kappa shape index (κ2) is 3.92. The Morgan fingerprint density at radius 2 is 2.07 bits per heavy atom. The van der Waals surface area contributed by atoms with Gasteiger partial charge in [-0.2, -0.15) is 0 Å². The van der Waals surface area contributed by atoms with E-state index in [1.54, 1.807) is 35.8 Å². The summed E-state index contributed by atoms with van der Waals surface area (Å²) in [6.07, 6.45) is 1.61. The van der Waals surface area contributed by atoms with E-state index in [1.807, 2.05) is 0 Å². The number of hydrogen-bond acceptors (Lipinski definition) is 4. The smallest absolute Gasteiger partial charge is 0.256 e. The van der Waals surface area contributed by atoms with Crippen LogP contribution >= 0.6 is 22.0 Å². The average Bonchev–Trinajstić information content (AvgIpc) is 2.67. The lowest BCUT2D eigenvalue weighted by Gasteiger charge is -1.98. The second-order valence-corrected chi connectivity index (χ2v) is 6.45. The fourth-order valence-electron chi connectivity index (χ4n) is 1.20. The van der Waals surface area contributed by atoms with Gasteiger partial charge in [-0.25, -0.2) is 8.42 Å². The van der Waals surface area contributed by atoms with Gasteiger partial charge >= 0.3 is 0 Å². The number of halogens is 1. The van der Waals surface area contributed by atoms with Gasteiger partial charge < -0.3 is 0 Å². The van der Waals surface area contributed by atoms with Gasteiger partial charge in [-0.3, -0.25) is 4.98 Å². The quantitative estimate of drug-likeness (QED) is 0.779. The van der Waals surface area contributed by atoms with Gasteiger partial charge in [0, 0.05) is 22.4 Å². The Labute approximate surface area is 95.8 Å². The van der Waals surface area contributed by atoms with Crippen LogP contribution in [0.15, 0.2) is 40.1 Å². The van der Waals surface area contributed by atoms with Crippen molar-refractivity contribution in [1.82, 2.24) is 4.98 Å². The Hall–Kier alpha value is -0.910. The number of nitrogens with zero attached hydrogens (tertiary/aromatic N) is 1. The van der Waals surface area contributed by atoms with Crippen LogP contribution in [-0.4, -0.2) is 13.4 Å². The van der Waals surface area contributed by atoms with Crippen molar-refractivity contribution in [2.24, 2.45) is 0 Å². The summed E-state index contributed by atoms with van der Waals surface area (Å²) in [6, 6.07) is 7.01. The Morgan fingerprint density at radius 3 is 2.67 bits per heavy atom. The molecule has 0 saturated heterocycles. The molecule has 78 valence electrons. The molecular formula is C9H6ClNO2S2. The van der Waals surface area contributed by atoms with Gasteiger partial charge in [0.25, 0.3) is 9.05 Å². The molecule has 0 aliphatic heterocycles. The molecule has 0 unspecified atom stereocenters. The predicted molar refractivity (Wildman–Crippen MR) is 60.6 cm³/mol. The van der Waals surface area contributed by atoms with Gasteiger partial charge in [-0.05, 0) is 23.6 Å². The Bertz CT molecular complexity index is 563. The summed E-state index contributed by atoms with van der Waals surface area (Å²) in [7, 11) is 1.62. The number of rotatable bonds is 2. The van der Waals surface area contributed by atoms with Crippen LogP contribution < -0.4 is 0 Å².